The summed E-state index contributed by atoms with van der Waals surface area (Å²) in [6.45, 7) is 11.8. The highest BCUT2D eigenvalue weighted by Crippen LogP contribution is 2.27. The van der Waals surface area contributed by atoms with Crippen LogP contribution in [0, 0.1) is 5.41 Å². The van der Waals surface area contributed by atoms with Gasteiger partial charge >= 0.3 is 0 Å². The zero-order valence-corrected chi connectivity index (χ0v) is 17.6. The Morgan fingerprint density at radius 3 is 2.62 bits per heavy atom. The van der Waals surface area contributed by atoms with Crippen LogP contribution >= 0.6 is 0 Å². The molecule has 0 bridgehead atoms. The molecule has 29 heavy (non-hydrogen) atoms. The Labute approximate surface area is 170 Å². The molecular formula is C19H25N7O2S. The number of imidazole rings is 1. The Hall–Kier alpha value is -3.14. The van der Waals surface area contributed by atoms with E-state index in [1.54, 1.807) is 30.6 Å². The number of nitrogens with one attached hydrogen (secondary N) is 4. The third kappa shape index (κ3) is 5.02. The van der Waals surface area contributed by atoms with Gasteiger partial charge in [-0.25, -0.2) is 13.4 Å². The molecule has 0 saturated heterocycles. The monoisotopic (exact) mass is 415 g/mol. The molecule has 1 atom stereocenters. The van der Waals surface area contributed by atoms with E-state index in [4.69, 9.17) is 0 Å². The van der Waals surface area contributed by atoms with Crippen molar-refractivity contribution in [3.8, 4) is 0 Å². The predicted molar refractivity (Wildman–Crippen MR) is 117 cm³/mol. The fourth-order valence-electron chi connectivity index (χ4n) is 2.41. The van der Waals surface area contributed by atoms with Crippen LogP contribution in [0.3, 0.4) is 0 Å². The predicted octanol–water partition coefficient (Wildman–Crippen LogP) is 3.83. The van der Waals surface area contributed by atoms with Crippen LogP contribution in [0.1, 0.15) is 27.7 Å². The number of rotatable bonds is 7. The summed E-state index contributed by atoms with van der Waals surface area (Å²) >= 11 is 0. The standard InChI is InChI=1S/C19H25N7O2S/c1-6-29(27,28)26-14-9-7-8-13(10-14)23-18-24-16-15(20-11-21-16)17(25-18)22-12(2)19(3,4)5/h6-12,26H,1H2,2-5H3,(H3,20,21,22,23,24,25)/t12-/m1/s1. The van der Waals surface area contributed by atoms with Crippen LogP contribution in [-0.2, 0) is 10.0 Å². The number of anilines is 4. The van der Waals surface area contributed by atoms with E-state index >= 15 is 0 Å². The van der Waals surface area contributed by atoms with Gasteiger partial charge in [0, 0.05) is 17.1 Å². The molecule has 154 valence electrons. The highest BCUT2D eigenvalue weighted by molar-refractivity contribution is 7.95. The summed E-state index contributed by atoms with van der Waals surface area (Å²) in [5.41, 5.74) is 2.30. The number of aromatic nitrogens is 4. The van der Waals surface area contributed by atoms with E-state index in [1.165, 1.54) is 0 Å². The van der Waals surface area contributed by atoms with Crippen molar-refractivity contribution in [1.82, 2.24) is 19.9 Å². The summed E-state index contributed by atoms with van der Waals surface area (Å²) in [5, 5.41) is 7.38. The van der Waals surface area contributed by atoms with E-state index in [9.17, 15) is 8.42 Å². The van der Waals surface area contributed by atoms with Gasteiger partial charge in [0.25, 0.3) is 10.0 Å². The van der Waals surface area contributed by atoms with Gasteiger partial charge in [-0.2, -0.15) is 9.97 Å². The molecule has 0 radical (unpaired) electrons. The number of nitrogens with zero attached hydrogens (tertiary/aromatic N) is 3. The molecule has 2 heterocycles. The summed E-state index contributed by atoms with van der Waals surface area (Å²) in [7, 11) is -3.59. The SMILES string of the molecule is C=CS(=O)(=O)Nc1cccc(Nc2nc(N[C@H](C)C(C)(C)C)c3[nH]cnc3n2)c1. The molecule has 3 aromatic rings. The van der Waals surface area contributed by atoms with Crippen LogP contribution in [0.2, 0.25) is 0 Å². The summed E-state index contributed by atoms with van der Waals surface area (Å²) in [6, 6.07) is 6.94. The van der Waals surface area contributed by atoms with Gasteiger partial charge in [-0.1, -0.05) is 33.4 Å². The number of hydrogen-bond donors (Lipinski definition) is 4. The molecule has 10 heteroatoms. The molecule has 0 aliphatic rings. The van der Waals surface area contributed by atoms with Crippen LogP contribution in [-0.4, -0.2) is 34.4 Å². The first-order valence-electron chi connectivity index (χ1n) is 9.07. The van der Waals surface area contributed by atoms with Crippen LogP contribution < -0.4 is 15.4 Å². The number of sulfonamides is 1. The van der Waals surface area contributed by atoms with Crippen molar-refractivity contribution in [2.45, 2.75) is 33.7 Å². The molecule has 0 aliphatic carbocycles. The van der Waals surface area contributed by atoms with Gasteiger partial charge < -0.3 is 15.6 Å². The molecule has 0 aliphatic heterocycles. The first kappa shape index (κ1) is 20.6. The second-order valence-corrected chi connectivity index (χ2v) is 9.38. The lowest BCUT2D eigenvalue weighted by molar-refractivity contribution is 0.359. The topological polar surface area (TPSA) is 125 Å². The van der Waals surface area contributed by atoms with Crippen LogP contribution in [0.5, 0.6) is 0 Å². The molecule has 0 saturated carbocycles. The molecule has 9 nitrogen and oxygen atoms in total. The molecule has 1 aromatic carbocycles. The summed E-state index contributed by atoms with van der Waals surface area (Å²) < 4.78 is 25.8. The Kier molecular flexibility index (Phi) is 5.47. The van der Waals surface area contributed by atoms with Gasteiger partial charge in [0.2, 0.25) is 5.95 Å². The number of H-pyrrole nitrogens is 1. The van der Waals surface area contributed by atoms with Crippen molar-refractivity contribution in [2.24, 2.45) is 5.41 Å². The lowest BCUT2D eigenvalue weighted by atomic mass is 9.88. The van der Waals surface area contributed by atoms with E-state index in [0.717, 1.165) is 10.9 Å². The molecular weight excluding hydrogens is 390 g/mol. The minimum atomic E-state index is -3.59. The summed E-state index contributed by atoms with van der Waals surface area (Å²) in [4.78, 5) is 16.3. The minimum Gasteiger partial charge on any atom is -0.365 e. The van der Waals surface area contributed by atoms with Crippen LogP contribution in [0.4, 0.5) is 23.1 Å². The summed E-state index contributed by atoms with van der Waals surface area (Å²) in [5.74, 6) is 0.984. The molecule has 3 rings (SSSR count). The Morgan fingerprint density at radius 1 is 1.21 bits per heavy atom. The van der Waals surface area contributed by atoms with Crippen molar-refractivity contribution in [1.29, 1.82) is 0 Å². The molecule has 4 N–H and O–H groups in total. The first-order chi connectivity index (χ1) is 13.6. The lowest BCUT2D eigenvalue weighted by Gasteiger charge is -2.28. The molecule has 0 unspecified atom stereocenters. The number of aromatic amines is 1. The Bertz CT molecular complexity index is 1130. The van der Waals surface area contributed by atoms with E-state index in [1.807, 2.05) is 0 Å². The molecule has 0 spiro atoms. The van der Waals surface area contributed by atoms with Gasteiger partial charge in [0.15, 0.2) is 11.5 Å². The zero-order chi connectivity index (χ0) is 21.2. The van der Waals surface area contributed by atoms with Gasteiger partial charge in [0.05, 0.1) is 12.0 Å². The normalized spacial score (nSPS) is 13.1. The highest BCUT2D eigenvalue weighted by Gasteiger charge is 2.22. The van der Waals surface area contributed by atoms with Crippen LogP contribution in [0.25, 0.3) is 11.2 Å². The maximum atomic E-state index is 11.7. The minimum absolute atomic E-state index is 0.0293. The van der Waals surface area contributed by atoms with Gasteiger partial charge in [-0.15, -0.1) is 0 Å². The first-order valence-corrected chi connectivity index (χ1v) is 10.6. The highest BCUT2D eigenvalue weighted by atomic mass is 32.2. The largest absolute Gasteiger partial charge is 0.365 e. The van der Waals surface area contributed by atoms with Gasteiger partial charge in [-0.05, 0) is 30.5 Å². The van der Waals surface area contributed by atoms with Gasteiger partial charge in [0.1, 0.15) is 5.52 Å². The lowest BCUT2D eigenvalue weighted by Crippen LogP contribution is -2.31. The zero-order valence-electron chi connectivity index (χ0n) is 16.8. The summed E-state index contributed by atoms with van der Waals surface area (Å²) in [6.07, 6.45) is 1.57. The third-order valence-electron chi connectivity index (χ3n) is 4.54. The fraction of sp³-hybridized carbons (Fsp3) is 0.316. The Morgan fingerprint density at radius 2 is 1.93 bits per heavy atom. The third-order valence-corrected chi connectivity index (χ3v) is 5.50. The second-order valence-electron chi connectivity index (χ2n) is 7.75. The van der Waals surface area contributed by atoms with Crippen LogP contribution in [0.15, 0.2) is 42.6 Å². The Balaban J connectivity index is 1.90. The van der Waals surface area contributed by atoms with E-state index < -0.39 is 10.0 Å². The van der Waals surface area contributed by atoms with Crippen molar-refractivity contribution in [3.63, 3.8) is 0 Å². The molecule has 0 amide bonds. The average Bonchev–Trinajstić information content (AvgIpc) is 3.09. The average molecular weight is 416 g/mol. The van der Waals surface area contributed by atoms with E-state index in [0.29, 0.717) is 28.8 Å². The van der Waals surface area contributed by atoms with E-state index in [2.05, 4.69) is 69.6 Å². The molecule has 0 fully saturated rings. The maximum Gasteiger partial charge on any atom is 0.254 e. The van der Waals surface area contributed by atoms with Crippen molar-refractivity contribution >= 4 is 44.3 Å². The van der Waals surface area contributed by atoms with Gasteiger partial charge in [-0.3, -0.25) is 4.72 Å². The second kappa shape index (κ2) is 7.70. The van der Waals surface area contributed by atoms with E-state index in [-0.39, 0.29) is 11.5 Å². The van der Waals surface area contributed by atoms with Crippen molar-refractivity contribution < 1.29 is 8.42 Å². The van der Waals surface area contributed by atoms with Crippen molar-refractivity contribution in [2.75, 3.05) is 15.4 Å². The fourth-order valence-corrected chi connectivity index (χ4v) is 2.95. The number of benzene rings is 1. The molecule has 2 aromatic heterocycles. The number of fused-ring (bicyclic) bond motifs is 1. The maximum absolute atomic E-state index is 11.7. The van der Waals surface area contributed by atoms with Crippen molar-refractivity contribution in [3.05, 3.63) is 42.6 Å². The number of hydrogen-bond acceptors (Lipinski definition) is 7. The smallest absolute Gasteiger partial charge is 0.254 e. The quantitative estimate of drug-likeness (QED) is 0.462.